The van der Waals surface area contributed by atoms with Crippen LogP contribution in [0.25, 0.3) is 0 Å². The zero-order valence-corrected chi connectivity index (χ0v) is 14.7. The molecule has 1 aromatic carbocycles. The summed E-state index contributed by atoms with van der Waals surface area (Å²) in [4.78, 5) is 13.2. The number of hydrogen-bond acceptors (Lipinski definition) is 2. The SMILES string of the molecule is NC(=O)N1CCCCC1CO[C@H]1CC[C@@H](c2c(F)ccc(F)c2F)CC1. The van der Waals surface area contributed by atoms with Gasteiger partial charge >= 0.3 is 6.03 Å². The molecule has 0 radical (unpaired) electrons. The minimum atomic E-state index is -1.08. The first kappa shape index (κ1) is 19.0. The number of amides is 2. The van der Waals surface area contributed by atoms with Gasteiger partial charge in [-0.2, -0.15) is 0 Å². The highest BCUT2D eigenvalue weighted by molar-refractivity contribution is 5.72. The van der Waals surface area contributed by atoms with Crippen molar-refractivity contribution in [2.24, 2.45) is 5.73 Å². The first-order chi connectivity index (χ1) is 12.5. The summed E-state index contributed by atoms with van der Waals surface area (Å²) >= 11 is 0. The number of nitrogens with zero attached hydrogens (tertiary/aromatic N) is 1. The van der Waals surface area contributed by atoms with Crippen molar-refractivity contribution >= 4 is 6.03 Å². The van der Waals surface area contributed by atoms with Gasteiger partial charge in [0.2, 0.25) is 0 Å². The van der Waals surface area contributed by atoms with Gasteiger partial charge in [-0.05, 0) is 63.0 Å². The lowest BCUT2D eigenvalue weighted by molar-refractivity contribution is -0.0108. The maximum atomic E-state index is 14.0. The van der Waals surface area contributed by atoms with Crippen LogP contribution in [0.4, 0.5) is 18.0 Å². The van der Waals surface area contributed by atoms with Gasteiger partial charge < -0.3 is 15.4 Å². The number of hydrogen-bond donors (Lipinski definition) is 1. The molecule has 0 aromatic heterocycles. The Hall–Kier alpha value is -1.76. The van der Waals surface area contributed by atoms with E-state index in [9.17, 15) is 18.0 Å². The minimum Gasteiger partial charge on any atom is -0.376 e. The lowest BCUT2D eigenvalue weighted by Gasteiger charge is -2.36. The number of urea groups is 1. The molecule has 26 heavy (non-hydrogen) atoms. The monoisotopic (exact) mass is 370 g/mol. The highest BCUT2D eigenvalue weighted by Crippen LogP contribution is 2.37. The number of benzene rings is 1. The van der Waals surface area contributed by atoms with Gasteiger partial charge in [-0.3, -0.25) is 0 Å². The van der Waals surface area contributed by atoms with E-state index in [1.165, 1.54) is 0 Å². The van der Waals surface area contributed by atoms with E-state index in [0.29, 0.717) is 38.8 Å². The molecule has 1 aliphatic heterocycles. The van der Waals surface area contributed by atoms with E-state index in [1.807, 2.05) is 0 Å². The lowest BCUT2D eigenvalue weighted by Crippen LogP contribution is -2.49. The van der Waals surface area contributed by atoms with E-state index in [-0.39, 0.29) is 23.6 Å². The van der Waals surface area contributed by atoms with Crippen LogP contribution in [-0.2, 0) is 4.74 Å². The predicted molar refractivity (Wildman–Crippen MR) is 91.2 cm³/mol. The quantitative estimate of drug-likeness (QED) is 0.812. The number of likely N-dealkylation sites (tertiary alicyclic amines) is 1. The average Bonchev–Trinajstić information content (AvgIpc) is 2.64. The highest BCUT2D eigenvalue weighted by atomic mass is 19.2. The third-order valence-corrected chi connectivity index (χ3v) is 5.60. The van der Waals surface area contributed by atoms with E-state index in [2.05, 4.69) is 0 Å². The minimum absolute atomic E-state index is 0.00270. The van der Waals surface area contributed by atoms with Crippen molar-refractivity contribution in [3.8, 4) is 0 Å². The van der Waals surface area contributed by atoms with Gasteiger partial charge in [-0.1, -0.05) is 0 Å². The largest absolute Gasteiger partial charge is 0.376 e. The molecule has 144 valence electrons. The highest BCUT2D eigenvalue weighted by Gasteiger charge is 2.30. The van der Waals surface area contributed by atoms with E-state index < -0.39 is 23.5 Å². The van der Waals surface area contributed by atoms with Crippen molar-refractivity contribution in [3.63, 3.8) is 0 Å². The molecule has 1 unspecified atom stereocenters. The summed E-state index contributed by atoms with van der Waals surface area (Å²) in [7, 11) is 0. The third-order valence-electron chi connectivity index (χ3n) is 5.60. The molecule has 0 bridgehead atoms. The summed E-state index contributed by atoms with van der Waals surface area (Å²) in [5, 5.41) is 0. The maximum Gasteiger partial charge on any atom is 0.315 e. The standard InChI is InChI=1S/C19H25F3N2O2/c20-15-8-9-16(21)18(22)17(15)12-4-6-14(7-5-12)26-11-13-3-1-2-10-24(13)19(23)25/h8-9,12-14H,1-7,10-11H2,(H2,23,25)/t12-,13?,14+. The molecule has 2 aliphatic rings. The number of carbonyl (C=O) groups excluding carboxylic acids is 1. The molecule has 1 saturated heterocycles. The third kappa shape index (κ3) is 4.14. The second kappa shape index (κ2) is 8.29. The van der Waals surface area contributed by atoms with Crippen molar-refractivity contribution < 1.29 is 22.7 Å². The fraction of sp³-hybridized carbons (Fsp3) is 0.632. The Kier molecular flexibility index (Phi) is 6.06. The molecule has 1 aromatic rings. The van der Waals surface area contributed by atoms with Gasteiger partial charge in [-0.25, -0.2) is 18.0 Å². The Morgan fingerprint density at radius 3 is 2.46 bits per heavy atom. The normalized spacial score (nSPS) is 26.7. The predicted octanol–water partition coefficient (Wildman–Crippen LogP) is 4.08. The Bertz CT molecular complexity index is 648. The molecule has 1 heterocycles. The van der Waals surface area contributed by atoms with Gasteiger partial charge in [0.15, 0.2) is 11.6 Å². The average molecular weight is 370 g/mol. The number of rotatable bonds is 4. The molecule has 1 atom stereocenters. The summed E-state index contributed by atoms with van der Waals surface area (Å²) in [6.45, 7) is 1.09. The number of carbonyl (C=O) groups is 1. The number of piperidine rings is 1. The van der Waals surface area contributed by atoms with Gasteiger partial charge in [-0.15, -0.1) is 0 Å². The van der Waals surface area contributed by atoms with Gasteiger partial charge in [0, 0.05) is 12.1 Å². The molecule has 0 spiro atoms. The van der Waals surface area contributed by atoms with Gasteiger partial charge in [0.05, 0.1) is 18.8 Å². The van der Waals surface area contributed by atoms with E-state index >= 15 is 0 Å². The molecule has 2 amide bonds. The van der Waals surface area contributed by atoms with Crippen LogP contribution < -0.4 is 5.73 Å². The summed E-state index contributed by atoms with van der Waals surface area (Å²) in [5.41, 5.74) is 5.28. The fourth-order valence-electron chi connectivity index (χ4n) is 4.15. The summed E-state index contributed by atoms with van der Waals surface area (Å²) in [6.07, 6.45) is 5.27. The van der Waals surface area contributed by atoms with Crippen LogP contribution in [0.1, 0.15) is 56.4 Å². The molecule has 1 aliphatic carbocycles. The van der Waals surface area contributed by atoms with Crippen LogP contribution in [-0.4, -0.2) is 36.2 Å². The first-order valence-electron chi connectivity index (χ1n) is 9.28. The molecule has 1 saturated carbocycles. The zero-order chi connectivity index (χ0) is 18.7. The second-order valence-electron chi connectivity index (χ2n) is 7.25. The van der Waals surface area contributed by atoms with E-state index in [1.54, 1.807) is 4.90 Å². The van der Waals surface area contributed by atoms with Gasteiger partial charge in [0.1, 0.15) is 5.82 Å². The van der Waals surface area contributed by atoms with Crippen molar-refractivity contribution in [1.29, 1.82) is 0 Å². The maximum absolute atomic E-state index is 14.0. The number of ether oxygens (including phenoxy) is 1. The molecular weight excluding hydrogens is 345 g/mol. The molecule has 4 nitrogen and oxygen atoms in total. The second-order valence-corrected chi connectivity index (χ2v) is 7.25. The summed E-state index contributed by atoms with van der Waals surface area (Å²) in [5.74, 6) is -3.10. The first-order valence-corrected chi connectivity index (χ1v) is 9.28. The Balaban J connectivity index is 1.53. The van der Waals surface area contributed by atoms with Crippen molar-refractivity contribution in [3.05, 3.63) is 35.1 Å². The number of halogens is 3. The fourth-order valence-corrected chi connectivity index (χ4v) is 4.15. The van der Waals surface area contributed by atoms with Gasteiger partial charge in [0.25, 0.3) is 0 Å². The smallest absolute Gasteiger partial charge is 0.315 e. The van der Waals surface area contributed by atoms with E-state index in [4.69, 9.17) is 10.5 Å². The van der Waals surface area contributed by atoms with Crippen LogP contribution in [0.15, 0.2) is 12.1 Å². The number of primary amides is 1. The van der Waals surface area contributed by atoms with Crippen LogP contribution >= 0.6 is 0 Å². The molecule has 3 rings (SSSR count). The molecule has 2 fully saturated rings. The van der Waals surface area contributed by atoms with Crippen molar-refractivity contribution in [1.82, 2.24) is 4.90 Å². The molecule has 7 heteroatoms. The Morgan fingerprint density at radius 1 is 1.08 bits per heavy atom. The van der Waals surface area contributed by atoms with Crippen molar-refractivity contribution in [2.45, 2.75) is 63.0 Å². The zero-order valence-electron chi connectivity index (χ0n) is 14.7. The summed E-state index contributed by atoms with van der Waals surface area (Å²) < 4.78 is 47.3. The van der Waals surface area contributed by atoms with Crippen LogP contribution in [0.5, 0.6) is 0 Å². The van der Waals surface area contributed by atoms with E-state index in [0.717, 1.165) is 31.4 Å². The Labute approximate surface area is 151 Å². The topological polar surface area (TPSA) is 55.6 Å². The lowest BCUT2D eigenvalue weighted by atomic mass is 9.82. The van der Waals surface area contributed by atoms with Crippen LogP contribution in [0, 0.1) is 17.5 Å². The van der Waals surface area contributed by atoms with Crippen LogP contribution in [0.2, 0.25) is 0 Å². The Morgan fingerprint density at radius 2 is 1.77 bits per heavy atom. The molecule has 2 N–H and O–H groups in total. The number of nitrogens with two attached hydrogens (primary N) is 1. The van der Waals surface area contributed by atoms with Crippen LogP contribution in [0.3, 0.4) is 0 Å². The molecular formula is C19H25F3N2O2. The van der Waals surface area contributed by atoms with Crippen molar-refractivity contribution in [2.75, 3.05) is 13.2 Å². The summed E-state index contributed by atoms with van der Waals surface area (Å²) in [6, 6.07) is 1.38.